The Bertz CT molecular complexity index is 1140. The first-order chi connectivity index (χ1) is 17.2. The summed E-state index contributed by atoms with van der Waals surface area (Å²) in [5, 5.41) is 11.6. The predicted octanol–water partition coefficient (Wildman–Crippen LogP) is 4.99. The van der Waals surface area contributed by atoms with Crippen molar-refractivity contribution in [3.05, 3.63) is 58.1 Å². The molecule has 1 N–H and O–H groups in total. The van der Waals surface area contributed by atoms with Crippen LogP contribution in [0.2, 0.25) is 5.02 Å². The van der Waals surface area contributed by atoms with E-state index in [-0.39, 0.29) is 34.6 Å². The number of amides is 1. The lowest BCUT2D eigenvalue weighted by molar-refractivity contribution is -0.140. The largest absolute Gasteiger partial charge is 0.507 e. The summed E-state index contributed by atoms with van der Waals surface area (Å²) in [5.41, 5.74) is 0.719. The average molecular weight is 518 g/mol. The van der Waals surface area contributed by atoms with Crippen molar-refractivity contribution >= 4 is 29.1 Å². The Hall–Kier alpha value is -3.23. The first-order valence-electron chi connectivity index (χ1n) is 11.8. The van der Waals surface area contributed by atoms with Crippen LogP contribution in [-0.2, 0) is 14.3 Å². The van der Waals surface area contributed by atoms with Crippen LogP contribution in [0.4, 0.5) is 0 Å². The minimum atomic E-state index is -0.864. The number of halogens is 1. The zero-order valence-corrected chi connectivity index (χ0v) is 21.9. The molecule has 0 saturated carbocycles. The molecule has 0 bridgehead atoms. The quantitative estimate of drug-likeness (QED) is 0.194. The minimum absolute atomic E-state index is 0.0433. The molecule has 1 fully saturated rings. The van der Waals surface area contributed by atoms with E-state index in [2.05, 4.69) is 0 Å². The van der Waals surface area contributed by atoms with E-state index in [4.69, 9.17) is 30.5 Å². The van der Waals surface area contributed by atoms with Crippen LogP contribution in [0.15, 0.2) is 42.0 Å². The van der Waals surface area contributed by atoms with Gasteiger partial charge >= 0.3 is 0 Å². The summed E-state index contributed by atoms with van der Waals surface area (Å²) in [6, 6.07) is 9.04. The molecule has 1 saturated heterocycles. The van der Waals surface area contributed by atoms with E-state index in [0.29, 0.717) is 42.4 Å². The second-order valence-electron chi connectivity index (χ2n) is 8.45. The maximum Gasteiger partial charge on any atom is 0.295 e. The number of aliphatic hydroxyl groups is 1. The first kappa shape index (κ1) is 27.4. The molecule has 0 aliphatic carbocycles. The zero-order valence-electron chi connectivity index (χ0n) is 21.2. The molecular weight excluding hydrogens is 486 g/mol. The highest BCUT2D eigenvalue weighted by atomic mass is 35.5. The van der Waals surface area contributed by atoms with Gasteiger partial charge in [0.05, 0.1) is 43.6 Å². The maximum absolute atomic E-state index is 13.3. The number of nitrogens with zero attached hydrogens (tertiary/aromatic N) is 1. The molecule has 3 rings (SSSR count). The van der Waals surface area contributed by atoms with Crippen LogP contribution in [0, 0.1) is 0 Å². The number of Topliss-reactive ketones (excluding diaryl/α,β-unsaturated/α-hetero) is 1. The molecular formula is C27H32ClNO7. The second kappa shape index (κ2) is 12.1. The summed E-state index contributed by atoms with van der Waals surface area (Å²) in [7, 11) is 3.01. The number of carbonyl (C=O) groups excluding carboxylic acids is 2. The molecule has 8 nitrogen and oxygen atoms in total. The number of rotatable bonds is 11. The monoisotopic (exact) mass is 517 g/mol. The molecule has 36 heavy (non-hydrogen) atoms. The van der Waals surface area contributed by atoms with Crippen LogP contribution in [0.3, 0.4) is 0 Å². The highest BCUT2D eigenvalue weighted by molar-refractivity contribution is 6.47. The van der Waals surface area contributed by atoms with Gasteiger partial charge in [0.15, 0.2) is 11.5 Å². The fraction of sp³-hybridized carbons (Fsp3) is 0.407. The molecule has 2 aromatic rings. The number of likely N-dealkylation sites (tertiary alicyclic amines) is 1. The SMILES string of the molecule is CCOc1cc(C2/C(=C(\O)c3cc(OC)ccc3Cl)C(=O)C(=O)N2CCCOC(C)C)ccc1OC. The highest BCUT2D eigenvalue weighted by Crippen LogP contribution is 2.43. The number of hydrogen-bond donors (Lipinski definition) is 1. The van der Waals surface area contributed by atoms with E-state index < -0.39 is 17.7 Å². The smallest absolute Gasteiger partial charge is 0.295 e. The lowest BCUT2D eigenvalue weighted by atomic mass is 9.94. The van der Waals surface area contributed by atoms with Gasteiger partial charge in [0.25, 0.3) is 11.7 Å². The maximum atomic E-state index is 13.3. The number of hydrogen-bond acceptors (Lipinski definition) is 7. The minimum Gasteiger partial charge on any atom is -0.507 e. The summed E-state index contributed by atoms with van der Waals surface area (Å²) in [6.45, 7) is 6.76. The Morgan fingerprint density at radius 3 is 2.47 bits per heavy atom. The molecule has 1 unspecified atom stereocenters. The molecule has 1 aliphatic rings. The van der Waals surface area contributed by atoms with Crippen LogP contribution in [0.5, 0.6) is 17.2 Å². The summed E-state index contributed by atoms with van der Waals surface area (Å²) < 4.78 is 22.0. The first-order valence-corrected chi connectivity index (χ1v) is 12.2. The van der Waals surface area contributed by atoms with E-state index in [1.54, 1.807) is 30.3 Å². The van der Waals surface area contributed by atoms with Gasteiger partial charge in [-0.1, -0.05) is 17.7 Å². The molecule has 0 spiro atoms. The van der Waals surface area contributed by atoms with Crippen molar-refractivity contribution in [2.45, 2.75) is 39.3 Å². The Balaban J connectivity index is 2.15. The van der Waals surface area contributed by atoms with Gasteiger partial charge < -0.3 is 29.0 Å². The number of ketones is 1. The van der Waals surface area contributed by atoms with Crippen molar-refractivity contribution in [3.8, 4) is 17.2 Å². The predicted molar refractivity (Wildman–Crippen MR) is 137 cm³/mol. The van der Waals surface area contributed by atoms with Crippen molar-refractivity contribution in [1.82, 2.24) is 4.90 Å². The van der Waals surface area contributed by atoms with Crippen LogP contribution >= 0.6 is 11.6 Å². The van der Waals surface area contributed by atoms with E-state index in [9.17, 15) is 14.7 Å². The van der Waals surface area contributed by atoms with Gasteiger partial charge in [0.2, 0.25) is 0 Å². The van der Waals surface area contributed by atoms with Crippen LogP contribution < -0.4 is 14.2 Å². The number of ether oxygens (including phenoxy) is 4. The molecule has 2 aromatic carbocycles. The van der Waals surface area contributed by atoms with Gasteiger partial charge in [-0.2, -0.15) is 0 Å². The van der Waals surface area contributed by atoms with E-state index in [1.807, 2.05) is 20.8 Å². The molecule has 0 radical (unpaired) electrons. The van der Waals surface area contributed by atoms with Crippen molar-refractivity contribution < 1.29 is 33.6 Å². The molecule has 1 atom stereocenters. The number of aliphatic hydroxyl groups excluding tert-OH is 1. The third-order valence-corrected chi connectivity index (χ3v) is 6.10. The van der Waals surface area contributed by atoms with E-state index in [0.717, 1.165) is 0 Å². The van der Waals surface area contributed by atoms with Gasteiger partial charge in [-0.25, -0.2) is 0 Å². The van der Waals surface area contributed by atoms with Crippen molar-refractivity contribution in [2.24, 2.45) is 0 Å². The fourth-order valence-corrected chi connectivity index (χ4v) is 4.31. The average Bonchev–Trinajstić information content (AvgIpc) is 3.11. The van der Waals surface area contributed by atoms with Crippen molar-refractivity contribution in [2.75, 3.05) is 34.0 Å². The molecule has 0 aromatic heterocycles. The second-order valence-corrected chi connectivity index (χ2v) is 8.86. The third-order valence-electron chi connectivity index (χ3n) is 5.77. The zero-order chi connectivity index (χ0) is 26.4. The summed E-state index contributed by atoms with van der Waals surface area (Å²) >= 11 is 6.37. The number of carbonyl (C=O) groups is 2. The molecule has 194 valence electrons. The summed E-state index contributed by atoms with van der Waals surface area (Å²) in [6.07, 6.45) is 0.553. The highest BCUT2D eigenvalue weighted by Gasteiger charge is 2.46. The lowest BCUT2D eigenvalue weighted by Gasteiger charge is -2.26. The standard InChI is InChI=1S/C27H32ClNO7/c1-6-35-22-14-17(8-11-21(22)34-5)24-23(25(30)19-15-18(33-4)9-10-20(19)28)26(31)27(32)29(24)12-7-13-36-16(2)3/h8-11,14-16,24,30H,6-7,12-13H2,1-5H3/b25-23+. The van der Waals surface area contributed by atoms with Crippen LogP contribution in [0.1, 0.15) is 44.4 Å². The Morgan fingerprint density at radius 2 is 1.83 bits per heavy atom. The molecule has 9 heteroatoms. The van der Waals surface area contributed by atoms with E-state index >= 15 is 0 Å². The van der Waals surface area contributed by atoms with Gasteiger partial charge in [-0.3, -0.25) is 9.59 Å². The molecule has 1 amide bonds. The van der Waals surface area contributed by atoms with Crippen molar-refractivity contribution in [1.29, 1.82) is 0 Å². The number of methoxy groups -OCH3 is 2. The lowest BCUT2D eigenvalue weighted by Crippen LogP contribution is -2.31. The number of benzene rings is 2. The van der Waals surface area contributed by atoms with Crippen molar-refractivity contribution in [3.63, 3.8) is 0 Å². The van der Waals surface area contributed by atoms with Gasteiger partial charge in [0, 0.05) is 18.7 Å². The van der Waals surface area contributed by atoms with Crippen LogP contribution in [-0.4, -0.2) is 61.8 Å². The normalized spacial score (nSPS) is 17.1. The topological polar surface area (TPSA) is 94.5 Å². The van der Waals surface area contributed by atoms with Gasteiger partial charge in [-0.15, -0.1) is 0 Å². The fourth-order valence-electron chi connectivity index (χ4n) is 4.10. The Kier molecular flexibility index (Phi) is 9.23. The molecule has 1 heterocycles. The summed E-state index contributed by atoms with van der Waals surface area (Å²) in [4.78, 5) is 27.9. The van der Waals surface area contributed by atoms with Crippen LogP contribution in [0.25, 0.3) is 5.76 Å². The third kappa shape index (κ3) is 5.77. The Morgan fingerprint density at radius 1 is 1.08 bits per heavy atom. The Labute approximate surface area is 216 Å². The summed E-state index contributed by atoms with van der Waals surface area (Å²) in [5.74, 6) is -0.462. The van der Waals surface area contributed by atoms with E-state index in [1.165, 1.54) is 25.2 Å². The molecule has 1 aliphatic heterocycles. The van der Waals surface area contributed by atoms with Gasteiger partial charge in [0.1, 0.15) is 11.5 Å². The van der Waals surface area contributed by atoms with Gasteiger partial charge in [-0.05, 0) is 63.1 Å².